The largest absolute Gasteiger partial charge is 0.504 e. The predicted molar refractivity (Wildman–Crippen MR) is 93.2 cm³/mol. The van der Waals surface area contributed by atoms with E-state index in [9.17, 15) is 0 Å². The number of benzene rings is 1. The van der Waals surface area contributed by atoms with E-state index in [1.807, 2.05) is 18.4 Å². The first kappa shape index (κ1) is 15.9. The van der Waals surface area contributed by atoms with Gasteiger partial charge in [-0.2, -0.15) is 0 Å². The Kier molecular flexibility index (Phi) is 5.46. The van der Waals surface area contributed by atoms with Crippen molar-refractivity contribution in [3.63, 3.8) is 0 Å². The highest BCUT2D eigenvalue weighted by atomic mass is 35.5. The molecule has 0 amide bonds. The van der Waals surface area contributed by atoms with Gasteiger partial charge >= 0.3 is 0 Å². The summed E-state index contributed by atoms with van der Waals surface area (Å²) < 4.78 is 5.16. The Balaban J connectivity index is 1.50. The summed E-state index contributed by atoms with van der Waals surface area (Å²) in [5, 5.41) is 0.847. The predicted octanol–water partition coefficient (Wildman–Crippen LogP) is 6.33. The van der Waals surface area contributed by atoms with Crippen LogP contribution in [-0.4, -0.2) is 7.11 Å². The molecule has 1 aromatic rings. The molecule has 0 unspecified atom stereocenters. The van der Waals surface area contributed by atoms with E-state index in [0.717, 1.165) is 22.8 Å². The van der Waals surface area contributed by atoms with Crippen molar-refractivity contribution in [1.82, 2.24) is 0 Å². The number of halogens is 1. The second-order valence-electron chi connectivity index (χ2n) is 7.01. The van der Waals surface area contributed by atoms with Crippen LogP contribution < -0.4 is 0 Å². The molecule has 3 rings (SSSR count). The van der Waals surface area contributed by atoms with Crippen LogP contribution in [0.25, 0.3) is 0 Å². The van der Waals surface area contributed by atoms with Crippen molar-refractivity contribution in [2.45, 2.75) is 57.3 Å². The Labute approximate surface area is 139 Å². The number of methoxy groups -OCH3 is 1. The van der Waals surface area contributed by atoms with E-state index in [1.165, 1.54) is 62.5 Å². The second kappa shape index (κ2) is 7.55. The summed E-state index contributed by atoms with van der Waals surface area (Å²) in [5.41, 5.74) is 2.99. The van der Waals surface area contributed by atoms with Crippen LogP contribution in [0.5, 0.6) is 0 Å². The summed E-state index contributed by atoms with van der Waals surface area (Å²) in [4.78, 5) is 0. The number of rotatable bonds is 3. The lowest BCUT2D eigenvalue weighted by atomic mass is 9.69. The van der Waals surface area contributed by atoms with Crippen LogP contribution in [0.4, 0.5) is 0 Å². The minimum Gasteiger partial charge on any atom is -0.504 e. The zero-order valence-corrected chi connectivity index (χ0v) is 14.3. The third-order valence-electron chi connectivity index (χ3n) is 5.74. The Morgan fingerprint density at radius 1 is 0.909 bits per heavy atom. The van der Waals surface area contributed by atoms with Gasteiger partial charge in [0.25, 0.3) is 0 Å². The van der Waals surface area contributed by atoms with E-state index >= 15 is 0 Å². The van der Waals surface area contributed by atoms with E-state index in [-0.39, 0.29) is 0 Å². The average molecular weight is 319 g/mol. The van der Waals surface area contributed by atoms with Crippen molar-refractivity contribution in [1.29, 1.82) is 0 Å². The Morgan fingerprint density at radius 2 is 1.50 bits per heavy atom. The zero-order chi connectivity index (χ0) is 15.4. The molecule has 2 aliphatic rings. The van der Waals surface area contributed by atoms with Gasteiger partial charge in [0.2, 0.25) is 0 Å². The summed E-state index contributed by atoms with van der Waals surface area (Å²) >= 11 is 6.00. The minimum absolute atomic E-state index is 0.751. The first-order valence-corrected chi connectivity index (χ1v) is 9.10. The highest BCUT2D eigenvalue weighted by Gasteiger charge is 2.29. The van der Waals surface area contributed by atoms with Gasteiger partial charge < -0.3 is 4.74 Å². The van der Waals surface area contributed by atoms with E-state index < -0.39 is 0 Å². The molecule has 2 heteroatoms. The van der Waals surface area contributed by atoms with Crippen LogP contribution in [0.1, 0.15) is 62.8 Å². The average Bonchev–Trinajstić information content (AvgIpc) is 2.57. The molecule has 2 aliphatic carbocycles. The lowest BCUT2D eigenvalue weighted by molar-refractivity contribution is 0.197. The van der Waals surface area contributed by atoms with Crippen molar-refractivity contribution < 1.29 is 4.74 Å². The molecule has 0 radical (unpaired) electrons. The van der Waals surface area contributed by atoms with Gasteiger partial charge in [-0.1, -0.05) is 23.7 Å². The van der Waals surface area contributed by atoms with Crippen molar-refractivity contribution in [3.05, 3.63) is 46.7 Å². The number of hydrogen-bond acceptors (Lipinski definition) is 1. The fourth-order valence-electron chi connectivity index (χ4n) is 4.43. The van der Waals surface area contributed by atoms with E-state index in [1.54, 1.807) is 7.11 Å². The molecule has 0 bridgehead atoms. The zero-order valence-electron chi connectivity index (χ0n) is 13.6. The second-order valence-corrected chi connectivity index (χ2v) is 7.45. The van der Waals surface area contributed by atoms with Gasteiger partial charge in [0.05, 0.1) is 13.4 Å². The molecule has 2 fully saturated rings. The van der Waals surface area contributed by atoms with Crippen LogP contribution in [-0.2, 0) is 4.74 Å². The molecule has 1 aromatic carbocycles. The lowest BCUT2D eigenvalue weighted by Gasteiger charge is -2.36. The lowest BCUT2D eigenvalue weighted by Crippen LogP contribution is -2.23. The quantitative estimate of drug-likeness (QED) is 0.591. The Bertz CT molecular complexity index is 487. The molecule has 0 heterocycles. The summed E-state index contributed by atoms with van der Waals surface area (Å²) in [6.07, 6.45) is 12.7. The smallest absolute Gasteiger partial charge is 0.0816 e. The first-order chi connectivity index (χ1) is 10.8. The van der Waals surface area contributed by atoms with Crippen LogP contribution in [0, 0.1) is 11.8 Å². The van der Waals surface area contributed by atoms with Crippen molar-refractivity contribution >= 4 is 11.6 Å². The first-order valence-electron chi connectivity index (χ1n) is 8.72. The van der Waals surface area contributed by atoms with Crippen LogP contribution in [0.3, 0.4) is 0 Å². The van der Waals surface area contributed by atoms with Crippen LogP contribution in [0.15, 0.2) is 36.1 Å². The molecule has 0 N–H and O–H groups in total. The van der Waals surface area contributed by atoms with Gasteiger partial charge in [-0.3, -0.25) is 0 Å². The number of allylic oxidation sites excluding steroid dienone is 1. The van der Waals surface area contributed by atoms with Crippen molar-refractivity contribution in [3.8, 4) is 0 Å². The fraction of sp³-hybridized carbons (Fsp3) is 0.600. The number of hydrogen-bond donors (Lipinski definition) is 0. The summed E-state index contributed by atoms with van der Waals surface area (Å²) in [6.45, 7) is 0. The topological polar surface area (TPSA) is 9.23 Å². The molecule has 120 valence electrons. The molecular formula is C20H27ClO. The van der Waals surface area contributed by atoms with Gasteiger partial charge in [-0.15, -0.1) is 0 Å². The maximum atomic E-state index is 6.00. The SMILES string of the molecule is COC=C1CCC([C@H]2CC[C@H](c3ccc(Cl)cc3)CC2)CC1. The third kappa shape index (κ3) is 3.87. The van der Waals surface area contributed by atoms with Crippen molar-refractivity contribution in [2.75, 3.05) is 7.11 Å². The Morgan fingerprint density at radius 3 is 2.09 bits per heavy atom. The summed E-state index contributed by atoms with van der Waals surface area (Å²) in [7, 11) is 1.76. The van der Waals surface area contributed by atoms with Gasteiger partial charge in [-0.25, -0.2) is 0 Å². The van der Waals surface area contributed by atoms with E-state index in [2.05, 4.69) is 12.1 Å². The molecule has 1 nitrogen and oxygen atoms in total. The van der Waals surface area contributed by atoms with E-state index in [4.69, 9.17) is 16.3 Å². The standard InChI is InChI=1S/C20H27ClO/c1-22-14-15-2-4-16(5-3-15)17-6-8-18(9-7-17)19-10-12-20(21)13-11-19/h10-14,16-18H,2-9H2,1H3/t16?,17-,18-. The summed E-state index contributed by atoms with van der Waals surface area (Å²) in [6, 6.07) is 8.51. The van der Waals surface area contributed by atoms with Crippen LogP contribution in [0.2, 0.25) is 5.02 Å². The minimum atomic E-state index is 0.751. The fourth-order valence-corrected chi connectivity index (χ4v) is 4.55. The molecule has 0 aromatic heterocycles. The number of ether oxygens (including phenoxy) is 1. The monoisotopic (exact) mass is 318 g/mol. The molecule has 2 saturated carbocycles. The molecule has 0 spiro atoms. The van der Waals surface area contributed by atoms with Gasteiger partial charge in [0, 0.05) is 5.02 Å². The van der Waals surface area contributed by atoms with Gasteiger partial charge in [-0.05, 0) is 92.4 Å². The maximum Gasteiger partial charge on any atom is 0.0816 e. The molecular weight excluding hydrogens is 292 g/mol. The Hall–Kier alpha value is -0.950. The molecule has 22 heavy (non-hydrogen) atoms. The van der Waals surface area contributed by atoms with Crippen molar-refractivity contribution in [2.24, 2.45) is 11.8 Å². The normalized spacial score (nSPS) is 29.2. The van der Waals surface area contributed by atoms with Gasteiger partial charge in [0.15, 0.2) is 0 Å². The highest BCUT2D eigenvalue weighted by molar-refractivity contribution is 6.30. The van der Waals surface area contributed by atoms with Gasteiger partial charge in [0.1, 0.15) is 0 Å². The molecule has 0 aliphatic heterocycles. The molecule has 0 atom stereocenters. The summed E-state index contributed by atoms with van der Waals surface area (Å²) in [5.74, 6) is 2.65. The van der Waals surface area contributed by atoms with E-state index in [0.29, 0.717) is 0 Å². The third-order valence-corrected chi connectivity index (χ3v) is 5.99. The van der Waals surface area contributed by atoms with Crippen LogP contribution >= 0.6 is 11.6 Å². The highest BCUT2D eigenvalue weighted by Crippen LogP contribution is 2.43. The maximum absolute atomic E-state index is 6.00. The molecule has 0 saturated heterocycles.